The fourth-order valence-electron chi connectivity index (χ4n) is 2.86. The smallest absolute Gasteiger partial charge is 0.242 e. The highest BCUT2D eigenvalue weighted by atomic mass is 32.2. The molecule has 0 saturated heterocycles. The first-order valence-corrected chi connectivity index (χ1v) is 11.1. The lowest BCUT2D eigenvalue weighted by Gasteiger charge is -2.31. The Morgan fingerprint density at radius 1 is 1.00 bits per heavy atom. The van der Waals surface area contributed by atoms with Crippen molar-refractivity contribution in [2.24, 2.45) is 0 Å². The molecule has 0 aromatic heterocycles. The highest BCUT2D eigenvalue weighted by Crippen LogP contribution is 2.16. The summed E-state index contributed by atoms with van der Waals surface area (Å²) in [5.41, 5.74) is 3.04. The second-order valence-electron chi connectivity index (χ2n) is 8.40. The van der Waals surface area contributed by atoms with Crippen molar-refractivity contribution in [1.29, 1.82) is 0 Å². The van der Waals surface area contributed by atoms with Gasteiger partial charge < -0.3 is 10.2 Å². The first-order chi connectivity index (χ1) is 13.7. The lowest BCUT2D eigenvalue weighted by molar-refractivity contribution is -0.139. The largest absolute Gasteiger partial charge is 0.350 e. The highest BCUT2D eigenvalue weighted by Gasteiger charge is 2.28. The van der Waals surface area contributed by atoms with E-state index in [4.69, 9.17) is 0 Å². The molecule has 0 spiro atoms. The number of amides is 2. The Morgan fingerprint density at radius 2 is 1.62 bits per heavy atom. The van der Waals surface area contributed by atoms with Crippen LogP contribution < -0.4 is 5.32 Å². The van der Waals surface area contributed by atoms with Crippen LogP contribution in [0.25, 0.3) is 0 Å². The molecule has 0 fully saturated rings. The van der Waals surface area contributed by atoms with E-state index in [1.807, 2.05) is 70.2 Å². The number of rotatable bonds is 8. The van der Waals surface area contributed by atoms with E-state index in [0.29, 0.717) is 12.3 Å². The normalized spacial score (nSPS) is 12.3. The molecule has 0 saturated carbocycles. The molecular weight excluding hydrogens is 380 g/mol. The maximum atomic E-state index is 13.0. The molecule has 0 bridgehead atoms. The zero-order chi connectivity index (χ0) is 21.4. The van der Waals surface area contributed by atoms with Gasteiger partial charge in [0.15, 0.2) is 0 Å². The molecular formula is C24H32N2O2S. The fourth-order valence-corrected chi connectivity index (χ4v) is 3.73. The van der Waals surface area contributed by atoms with Crippen LogP contribution in [0, 0.1) is 6.92 Å². The maximum absolute atomic E-state index is 13.0. The van der Waals surface area contributed by atoms with Gasteiger partial charge in [0.2, 0.25) is 11.8 Å². The molecule has 0 aliphatic heterocycles. The summed E-state index contributed by atoms with van der Waals surface area (Å²) in [6.07, 6.45) is 0. The quantitative estimate of drug-likeness (QED) is 0.691. The van der Waals surface area contributed by atoms with E-state index in [0.717, 1.165) is 11.3 Å². The molecule has 2 amide bonds. The Bertz CT molecular complexity index is 798. The molecule has 0 aliphatic rings. The Hall–Kier alpha value is -2.27. The van der Waals surface area contributed by atoms with Crippen molar-refractivity contribution in [2.45, 2.75) is 58.5 Å². The van der Waals surface area contributed by atoms with Gasteiger partial charge in [0.05, 0.1) is 5.75 Å². The van der Waals surface area contributed by atoms with Crippen LogP contribution in [0.4, 0.5) is 0 Å². The first-order valence-electron chi connectivity index (χ1n) is 9.94. The first kappa shape index (κ1) is 23.0. The van der Waals surface area contributed by atoms with Crippen molar-refractivity contribution >= 4 is 23.6 Å². The van der Waals surface area contributed by atoms with Gasteiger partial charge in [-0.25, -0.2) is 0 Å². The molecule has 29 heavy (non-hydrogen) atoms. The third-order valence-corrected chi connectivity index (χ3v) is 5.46. The van der Waals surface area contributed by atoms with Gasteiger partial charge >= 0.3 is 0 Å². The molecule has 0 heterocycles. The number of benzene rings is 2. The minimum Gasteiger partial charge on any atom is -0.350 e. The van der Waals surface area contributed by atoms with Gasteiger partial charge in [0, 0.05) is 17.8 Å². The van der Waals surface area contributed by atoms with E-state index >= 15 is 0 Å². The number of hydrogen-bond acceptors (Lipinski definition) is 3. The van der Waals surface area contributed by atoms with Crippen LogP contribution in [0.15, 0.2) is 54.6 Å². The molecule has 1 N–H and O–H groups in total. The van der Waals surface area contributed by atoms with Crippen LogP contribution in [0.3, 0.4) is 0 Å². The summed E-state index contributed by atoms with van der Waals surface area (Å²) in [4.78, 5) is 27.5. The average molecular weight is 413 g/mol. The third kappa shape index (κ3) is 7.94. The van der Waals surface area contributed by atoms with Gasteiger partial charge in [-0.3, -0.25) is 9.59 Å². The van der Waals surface area contributed by atoms with E-state index in [1.165, 1.54) is 11.1 Å². The summed E-state index contributed by atoms with van der Waals surface area (Å²) in [6.45, 7) is 10.1. The molecule has 4 nitrogen and oxygen atoms in total. The summed E-state index contributed by atoms with van der Waals surface area (Å²) < 4.78 is 0. The molecule has 2 aromatic carbocycles. The topological polar surface area (TPSA) is 49.4 Å². The molecule has 0 unspecified atom stereocenters. The highest BCUT2D eigenvalue weighted by molar-refractivity contribution is 7.99. The van der Waals surface area contributed by atoms with E-state index in [9.17, 15) is 9.59 Å². The van der Waals surface area contributed by atoms with Crippen LogP contribution in [0.1, 0.15) is 44.4 Å². The van der Waals surface area contributed by atoms with Gasteiger partial charge in [-0.15, -0.1) is 11.8 Å². The van der Waals surface area contributed by atoms with Crippen LogP contribution in [-0.2, 0) is 21.9 Å². The maximum Gasteiger partial charge on any atom is 0.242 e. The van der Waals surface area contributed by atoms with Crippen molar-refractivity contribution in [3.8, 4) is 0 Å². The Labute approximate surface area is 179 Å². The predicted octanol–water partition coefficient (Wildman–Crippen LogP) is 4.56. The summed E-state index contributed by atoms with van der Waals surface area (Å²) in [5.74, 6) is 0.954. The lowest BCUT2D eigenvalue weighted by atomic mass is 10.1. The number of carbonyl (C=O) groups excluding carboxylic acids is 2. The molecule has 156 valence electrons. The zero-order valence-electron chi connectivity index (χ0n) is 18.1. The zero-order valence-corrected chi connectivity index (χ0v) is 18.9. The number of nitrogens with one attached hydrogen (secondary N) is 1. The van der Waals surface area contributed by atoms with E-state index in [2.05, 4.69) is 17.4 Å². The third-order valence-electron chi connectivity index (χ3n) is 4.48. The Morgan fingerprint density at radius 3 is 2.21 bits per heavy atom. The van der Waals surface area contributed by atoms with Gasteiger partial charge in [-0.1, -0.05) is 60.2 Å². The second kappa shape index (κ2) is 10.5. The lowest BCUT2D eigenvalue weighted by Crippen LogP contribution is -2.52. The van der Waals surface area contributed by atoms with Crippen LogP contribution in [-0.4, -0.2) is 34.0 Å². The predicted molar refractivity (Wildman–Crippen MR) is 122 cm³/mol. The van der Waals surface area contributed by atoms with Crippen molar-refractivity contribution in [3.63, 3.8) is 0 Å². The van der Waals surface area contributed by atoms with Crippen molar-refractivity contribution in [3.05, 3.63) is 71.3 Å². The SMILES string of the molecule is Cc1ccc(CN(C(=O)CSCc2ccccc2)[C@H](C)C(=O)NC(C)(C)C)cc1. The van der Waals surface area contributed by atoms with Gasteiger partial charge in [-0.05, 0) is 45.7 Å². The number of hydrogen-bond donors (Lipinski definition) is 1. The van der Waals surface area contributed by atoms with E-state index in [-0.39, 0.29) is 17.4 Å². The summed E-state index contributed by atoms with van der Waals surface area (Å²) in [7, 11) is 0. The Balaban J connectivity index is 2.08. The minimum atomic E-state index is -0.541. The standard InChI is InChI=1S/C24H32N2O2S/c1-18-11-13-20(14-12-18)15-26(19(2)23(28)25-24(3,4)5)22(27)17-29-16-21-9-7-6-8-10-21/h6-14,19H,15-17H2,1-5H3,(H,25,28)/t19-/m1/s1. The second-order valence-corrected chi connectivity index (χ2v) is 9.39. The minimum absolute atomic E-state index is 0.0249. The molecule has 5 heteroatoms. The van der Waals surface area contributed by atoms with E-state index < -0.39 is 6.04 Å². The van der Waals surface area contributed by atoms with Crippen LogP contribution in [0.2, 0.25) is 0 Å². The monoisotopic (exact) mass is 412 g/mol. The fraction of sp³-hybridized carbons (Fsp3) is 0.417. The van der Waals surface area contributed by atoms with Crippen molar-refractivity contribution in [2.75, 3.05) is 5.75 Å². The Kier molecular flexibility index (Phi) is 8.32. The molecule has 0 aliphatic carbocycles. The number of thioether (sulfide) groups is 1. The molecule has 0 radical (unpaired) electrons. The summed E-state index contributed by atoms with van der Waals surface area (Å²) in [6, 6.07) is 17.6. The molecule has 1 atom stereocenters. The van der Waals surface area contributed by atoms with Crippen molar-refractivity contribution in [1.82, 2.24) is 10.2 Å². The van der Waals surface area contributed by atoms with Gasteiger partial charge in [0.1, 0.15) is 6.04 Å². The average Bonchev–Trinajstić information content (AvgIpc) is 2.66. The van der Waals surface area contributed by atoms with Gasteiger partial charge in [0.25, 0.3) is 0 Å². The van der Waals surface area contributed by atoms with Crippen molar-refractivity contribution < 1.29 is 9.59 Å². The number of aryl methyl sites for hydroxylation is 1. The van der Waals surface area contributed by atoms with Gasteiger partial charge in [-0.2, -0.15) is 0 Å². The van der Waals surface area contributed by atoms with Crippen LogP contribution in [0.5, 0.6) is 0 Å². The number of nitrogens with zero attached hydrogens (tertiary/aromatic N) is 1. The number of carbonyl (C=O) groups is 2. The molecule has 2 rings (SSSR count). The summed E-state index contributed by atoms with van der Waals surface area (Å²) >= 11 is 1.58. The molecule has 2 aromatic rings. The van der Waals surface area contributed by atoms with E-state index in [1.54, 1.807) is 23.6 Å². The summed E-state index contributed by atoms with van der Waals surface area (Å²) in [5, 5.41) is 2.99. The van der Waals surface area contributed by atoms with Crippen LogP contribution >= 0.6 is 11.8 Å².